The van der Waals surface area contributed by atoms with Crippen molar-refractivity contribution < 1.29 is 0 Å². The summed E-state index contributed by atoms with van der Waals surface area (Å²) in [4.78, 5) is 1.55. The molecular formula is C13H17N3S. The second kappa shape index (κ2) is 4.18. The van der Waals surface area contributed by atoms with Crippen molar-refractivity contribution in [2.45, 2.75) is 39.2 Å². The number of hydrogen-bond donors (Lipinski definition) is 2. The summed E-state index contributed by atoms with van der Waals surface area (Å²) < 4.78 is 0. The van der Waals surface area contributed by atoms with Crippen LogP contribution in [-0.4, -0.2) is 10.2 Å². The number of nitrogens with one attached hydrogen (secondary N) is 2. The number of thiophene rings is 1. The van der Waals surface area contributed by atoms with E-state index in [2.05, 4.69) is 33.9 Å². The maximum atomic E-state index is 4.24. The Labute approximate surface area is 105 Å². The normalized spacial score (nSPS) is 19.1. The summed E-state index contributed by atoms with van der Waals surface area (Å²) in [7, 11) is 0. The Bertz CT molecular complexity index is 507. The molecule has 4 heteroatoms. The maximum Gasteiger partial charge on any atom is 0.0825 e. The fraction of sp³-hybridized carbons (Fsp3) is 0.462. The number of fused-ring (bicyclic) bond motifs is 1. The van der Waals surface area contributed by atoms with Crippen LogP contribution in [0.25, 0.3) is 0 Å². The Morgan fingerprint density at radius 3 is 3.12 bits per heavy atom. The number of rotatable bonds is 2. The van der Waals surface area contributed by atoms with Gasteiger partial charge >= 0.3 is 0 Å². The lowest BCUT2D eigenvalue weighted by molar-refractivity contribution is 0.608. The smallest absolute Gasteiger partial charge is 0.0825 e. The summed E-state index contributed by atoms with van der Waals surface area (Å²) >= 11 is 1.89. The van der Waals surface area contributed by atoms with E-state index in [9.17, 15) is 0 Å². The molecule has 0 fully saturated rings. The van der Waals surface area contributed by atoms with Crippen LogP contribution in [0.3, 0.4) is 0 Å². The Balaban J connectivity index is 1.89. The van der Waals surface area contributed by atoms with Gasteiger partial charge in [0.1, 0.15) is 0 Å². The fourth-order valence-corrected chi connectivity index (χ4v) is 3.56. The van der Waals surface area contributed by atoms with E-state index in [1.165, 1.54) is 30.5 Å². The van der Waals surface area contributed by atoms with E-state index in [1.54, 1.807) is 4.88 Å². The third-order valence-electron chi connectivity index (χ3n) is 3.50. The zero-order chi connectivity index (χ0) is 11.8. The van der Waals surface area contributed by atoms with Gasteiger partial charge in [0, 0.05) is 4.88 Å². The number of anilines is 1. The number of H-pyrrole nitrogens is 1. The van der Waals surface area contributed by atoms with Gasteiger partial charge in [-0.1, -0.05) is 0 Å². The summed E-state index contributed by atoms with van der Waals surface area (Å²) in [6, 6.07) is 2.72. The van der Waals surface area contributed by atoms with Crippen LogP contribution in [0.2, 0.25) is 0 Å². The van der Waals surface area contributed by atoms with Crippen molar-refractivity contribution in [3.05, 3.63) is 33.3 Å². The van der Waals surface area contributed by atoms with E-state index >= 15 is 0 Å². The number of aromatic amines is 1. The van der Waals surface area contributed by atoms with Gasteiger partial charge < -0.3 is 5.32 Å². The van der Waals surface area contributed by atoms with E-state index in [4.69, 9.17) is 0 Å². The molecule has 0 amide bonds. The van der Waals surface area contributed by atoms with Crippen molar-refractivity contribution in [3.63, 3.8) is 0 Å². The summed E-state index contributed by atoms with van der Waals surface area (Å²) in [5.41, 5.74) is 4.85. The molecule has 0 spiro atoms. The Morgan fingerprint density at radius 2 is 2.35 bits per heavy atom. The molecular weight excluding hydrogens is 230 g/mol. The van der Waals surface area contributed by atoms with Crippen LogP contribution in [0.5, 0.6) is 0 Å². The lowest BCUT2D eigenvalue weighted by atomic mass is 9.94. The van der Waals surface area contributed by atoms with Gasteiger partial charge in [0.15, 0.2) is 0 Å². The molecule has 0 saturated heterocycles. The first-order chi connectivity index (χ1) is 8.25. The summed E-state index contributed by atoms with van der Waals surface area (Å²) in [6.07, 6.45) is 3.74. The van der Waals surface area contributed by atoms with Crippen LogP contribution in [0.15, 0.2) is 11.4 Å². The molecule has 1 unspecified atom stereocenters. The number of hydrogen-bond acceptors (Lipinski definition) is 3. The van der Waals surface area contributed by atoms with Crippen molar-refractivity contribution in [2.75, 3.05) is 5.32 Å². The second-order valence-corrected chi connectivity index (χ2v) is 5.70. The van der Waals surface area contributed by atoms with Crippen LogP contribution in [0.1, 0.15) is 40.7 Å². The van der Waals surface area contributed by atoms with Crippen molar-refractivity contribution in [2.24, 2.45) is 0 Å². The zero-order valence-electron chi connectivity index (χ0n) is 10.2. The minimum absolute atomic E-state index is 0.458. The fourth-order valence-electron chi connectivity index (χ4n) is 2.57. The first-order valence-electron chi connectivity index (χ1n) is 6.10. The molecule has 3 rings (SSSR count). The molecule has 0 saturated carbocycles. The standard InChI is InChI=1S/C13H17N3S/c1-8-13(9(2)16-15-8)14-11-4-3-5-12-10(11)6-7-17-12/h6-7,11,14H,3-5H2,1-2H3,(H,15,16). The van der Waals surface area contributed by atoms with E-state index in [0.717, 1.165) is 11.4 Å². The average molecular weight is 247 g/mol. The Kier molecular flexibility index (Phi) is 2.67. The summed E-state index contributed by atoms with van der Waals surface area (Å²) in [6.45, 7) is 4.11. The molecule has 0 aliphatic heterocycles. The summed E-state index contributed by atoms with van der Waals surface area (Å²) in [5, 5.41) is 13.1. The Morgan fingerprint density at radius 1 is 1.47 bits per heavy atom. The molecule has 1 aliphatic rings. The van der Waals surface area contributed by atoms with Gasteiger partial charge in [0.05, 0.1) is 23.1 Å². The lowest BCUT2D eigenvalue weighted by Gasteiger charge is -2.24. The largest absolute Gasteiger partial charge is 0.375 e. The zero-order valence-corrected chi connectivity index (χ0v) is 11.0. The van der Waals surface area contributed by atoms with E-state index in [1.807, 2.05) is 18.3 Å². The molecule has 1 aliphatic carbocycles. The van der Waals surface area contributed by atoms with Crippen LogP contribution in [-0.2, 0) is 6.42 Å². The van der Waals surface area contributed by atoms with Gasteiger partial charge in [-0.05, 0) is 50.1 Å². The predicted molar refractivity (Wildman–Crippen MR) is 71.7 cm³/mol. The van der Waals surface area contributed by atoms with E-state index < -0.39 is 0 Å². The third kappa shape index (κ3) is 1.86. The number of nitrogens with zero attached hydrogens (tertiary/aromatic N) is 1. The molecule has 0 bridgehead atoms. The molecule has 3 nitrogen and oxygen atoms in total. The van der Waals surface area contributed by atoms with Gasteiger partial charge in [0.2, 0.25) is 0 Å². The highest BCUT2D eigenvalue weighted by molar-refractivity contribution is 7.10. The van der Waals surface area contributed by atoms with Crippen molar-refractivity contribution in [1.29, 1.82) is 0 Å². The number of aryl methyl sites for hydroxylation is 3. The molecule has 1 atom stereocenters. The highest BCUT2D eigenvalue weighted by Crippen LogP contribution is 2.36. The van der Waals surface area contributed by atoms with Crippen LogP contribution in [0.4, 0.5) is 5.69 Å². The van der Waals surface area contributed by atoms with E-state index in [-0.39, 0.29) is 0 Å². The molecule has 2 aromatic rings. The maximum absolute atomic E-state index is 4.24. The van der Waals surface area contributed by atoms with Gasteiger partial charge in [-0.15, -0.1) is 11.3 Å². The third-order valence-corrected chi connectivity index (χ3v) is 4.50. The monoisotopic (exact) mass is 247 g/mol. The topological polar surface area (TPSA) is 40.7 Å². The van der Waals surface area contributed by atoms with Crippen molar-refractivity contribution >= 4 is 17.0 Å². The van der Waals surface area contributed by atoms with Crippen molar-refractivity contribution in [3.8, 4) is 0 Å². The molecule has 17 heavy (non-hydrogen) atoms. The predicted octanol–water partition coefficient (Wildman–Crippen LogP) is 3.58. The van der Waals surface area contributed by atoms with E-state index in [0.29, 0.717) is 6.04 Å². The average Bonchev–Trinajstić information content (AvgIpc) is 2.91. The summed E-state index contributed by atoms with van der Waals surface area (Å²) in [5.74, 6) is 0. The van der Waals surface area contributed by atoms with Crippen molar-refractivity contribution in [1.82, 2.24) is 10.2 Å². The molecule has 90 valence electrons. The first-order valence-corrected chi connectivity index (χ1v) is 6.98. The lowest BCUT2D eigenvalue weighted by Crippen LogP contribution is -2.16. The molecule has 0 radical (unpaired) electrons. The van der Waals surface area contributed by atoms with Gasteiger partial charge in [-0.3, -0.25) is 5.10 Å². The second-order valence-electron chi connectivity index (χ2n) is 4.70. The van der Waals surface area contributed by atoms with Crippen LogP contribution in [0, 0.1) is 13.8 Å². The first kappa shape index (κ1) is 10.8. The minimum atomic E-state index is 0.458. The van der Waals surface area contributed by atoms with Crippen LogP contribution >= 0.6 is 11.3 Å². The highest BCUT2D eigenvalue weighted by atomic mass is 32.1. The highest BCUT2D eigenvalue weighted by Gasteiger charge is 2.22. The van der Waals surface area contributed by atoms with Gasteiger partial charge in [-0.2, -0.15) is 5.10 Å². The quantitative estimate of drug-likeness (QED) is 0.851. The Hall–Kier alpha value is -1.29. The molecule has 2 N–H and O–H groups in total. The molecule has 0 aromatic carbocycles. The number of aromatic nitrogens is 2. The molecule has 2 aromatic heterocycles. The minimum Gasteiger partial charge on any atom is -0.375 e. The van der Waals surface area contributed by atoms with Gasteiger partial charge in [-0.25, -0.2) is 0 Å². The molecule has 2 heterocycles. The SMILES string of the molecule is Cc1n[nH]c(C)c1NC1CCCc2sccc21. The van der Waals surface area contributed by atoms with Gasteiger partial charge in [0.25, 0.3) is 0 Å². The van der Waals surface area contributed by atoms with Crippen LogP contribution < -0.4 is 5.32 Å².